The maximum Gasteiger partial charge on any atom is 0.252 e. The zero-order valence-corrected chi connectivity index (χ0v) is 24.3. The van der Waals surface area contributed by atoms with Crippen molar-refractivity contribution in [2.75, 3.05) is 26.7 Å². The number of imidazole rings is 1. The molecule has 4 aromatic rings. The molecule has 2 heterocycles. The first-order chi connectivity index (χ1) is 19.9. The minimum Gasteiger partial charge on any atom is -0.368 e. The number of aromatic nitrogens is 2. The molecular formula is C34H40N4O3. The van der Waals surface area contributed by atoms with Crippen LogP contribution < -0.4 is 0 Å². The van der Waals surface area contributed by atoms with E-state index in [-0.39, 0.29) is 18.4 Å². The molecule has 0 aliphatic carbocycles. The Labute approximate surface area is 242 Å². The van der Waals surface area contributed by atoms with Crippen molar-refractivity contribution >= 4 is 22.8 Å². The Hall–Kier alpha value is -3.97. The van der Waals surface area contributed by atoms with Crippen molar-refractivity contribution in [1.82, 2.24) is 19.4 Å². The number of benzene rings is 3. The van der Waals surface area contributed by atoms with Crippen molar-refractivity contribution < 1.29 is 14.3 Å². The Balaban J connectivity index is 1.21. The smallest absolute Gasteiger partial charge is 0.252 e. The number of para-hydroxylation sites is 2. The summed E-state index contributed by atoms with van der Waals surface area (Å²) in [5.74, 6) is 0.815. The Morgan fingerprint density at radius 3 is 2.49 bits per heavy atom. The van der Waals surface area contributed by atoms with E-state index in [9.17, 15) is 9.59 Å². The highest BCUT2D eigenvalue weighted by Crippen LogP contribution is 2.24. The molecule has 1 saturated heterocycles. The van der Waals surface area contributed by atoms with Gasteiger partial charge in [-0.2, -0.15) is 0 Å². The fraction of sp³-hybridized carbons (Fsp3) is 0.382. The molecule has 0 radical (unpaired) electrons. The second kappa shape index (κ2) is 13.1. The number of rotatable bonds is 10. The molecule has 0 bridgehead atoms. The third-order valence-electron chi connectivity index (χ3n) is 8.05. The summed E-state index contributed by atoms with van der Waals surface area (Å²) in [5.41, 5.74) is 6.18. The third-order valence-corrected chi connectivity index (χ3v) is 8.05. The average Bonchev–Trinajstić information content (AvgIpc) is 3.40. The highest BCUT2D eigenvalue weighted by molar-refractivity contribution is 5.82. The molecule has 214 valence electrons. The van der Waals surface area contributed by atoms with Crippen LogP contribution in [0.5, 0.6) is 0 Å². The lowest BCUT2D eigenvalue weighted by atomic mass is 9.97. The van der Waals surface area contributed by atoms with Crippen molar-refractivity contribution in [2.24, 2.45) is 5.92 Å². The maximum absolute atomic E-state index is 13.2. The van der Waals surface area contributed by atoms with E-state index in [2.05, 4.69) is 48.3 Å². The van der Waals surface area contributed by atoms with Gasteiger partial charge in [-0.05, 0) is 66.1 Å². The molecule has 0 spiro atoms. The van der Waals surface area contributed by atoms with Gasteiger partial charge >= 0.3 is 0 Å². The molecule has 2 amide bonds. The summed E-state index contributed by atoms with van der Waals surface area (Å²) in [4.78, 5) is 34.3. The predicted octanol–water partition coefficient (Wildman–Crippen LogP) is 5.57. The SMILES string of the molecule is CCOC(Cc1ccc(-c2cccc(CN(C)C(=O)Cn3cnc4ccccc43)c2)cc1)C(=O)N1CCC(C)CC1. The lowest BCUT2D eigenvalue weighted by molar-refractivity contribution is -0.144. The summed E-state index contributed by atoms with van der Waals surface area (Å²) in [6, 6.07) is 24.5. The molecule has 7 nitrogen and oxygen atoms in total. The van der Waals surface area contributed by atoms with Gasteiger partial charge in [0.05, 0.1) is 17.4 Å². The van der Waals surface area contributed by atoms with E-state index in [1.165, 1.54) is 0 Å². The summed E-state index contributed by atoms with van der Waals surface area (Å²) >= 11 is 0. The van der Waals surface area contributed by atoms with Gasteiger partial charge in [0, 0.05) is 39.7 Å². The van der Waals surface area contributed by atoms with Gasteiger partial charge in [-0.15, -0.1) is 0 Å². The first-order valence-corrected chi connectivity index (χ1v) is 14.6. The van der Waals surface area contributed by atoms with E-state index in [1.54, 1.807) is 11.2 Å². The summed E-state index contributed by atoms with van der Waals surface area (Å²) in [5, 5.41) is 0. The summed E-state index contributed by atoms with van der Waals surface area (Å²) in [7, 11) is 1.84. The number of hydrogen-bond acceptors (Lipinski definition) is 4. The van der Waals surface area contributed by atoms with E-state index >= 15 is 0 Å². The molecule has 41 heavy (non-hydrogen) atoms. The minimum absolute atomic E-state index is 0.0281. The summed E-state index contributed by atoms with van der Waals surface area (Å²) in [6.07, 6.45) is 3.96. The Bertz CT molecular complexity index is 1470. The van der Waals surface area contributed by atoms with Gasteiger partial charge in [-0.1, -0.05) is 61.5 Å². The summed E-state index contributed by atoms with van der Waals surface area (Å²) in [6.45, 7) is 7.12. The molecule has 1 unspecified atom stereocenters. The molecule has 1 aliphatic rings. The predicted molar refractivity (Wildman–Crippen MR) is 162 cm³/mol. The van der Waals surface area contributed by atoms with Crippen molar-refractivity contribution in [2.45, 2.75) is 52.3 Å². The molecule has 7 heteroatoms. The normalized spacial score (nSPS) is 14.8. The van der Waals surface area contributed by atoms with E-state index in [0.717, 1.165) is 59.2 Å². The van der Waals surface area contributed by atoms with Gasteiger partial charge in [0.1, 0.15) is 12.6 Å². The van der Waals surface area contributed by atoms with Crippen molar-refractivity contribution in [3.63, 3.8) is 0 Å². The number of carbonyl (C=O) groups excluding carboxylic acids is 2. The number of hydrogen-bond donors (Lipinski definition) is 0. The monoisotopic (exact) mass is 552 g/mol. The highest BCUT2D eigenvalue weighted by Gasteiger charge is 2.27. The van der Waals surface area contributed by atoms with Crippen LogP contribution in [0.3, 0.4) is 0 Å². The largest absolute Gasteiger partial charge is 0.368 e. The number of likely N-dealkylation sites (N-methyl/N-ethyl adjacent to an activating group) is 1. The number of fused-ring (bicyclic) bond motifs is 1. The van der Waals surface area contributed by atoms with Crippen LogP contribution in [-0.4, -0.2) is 64.0 Å². The molecule has 0 N–H and O–H groups in total. The van der Waals surface area contributed by atoms with Crippen LogP contribution in [0.25, 0.3) is 22.2 Å². The number of piperidine rings is 1. The first kappa shape index (κ1) is 28.6. The average molecular weight is 553 g/mol. The van der Waals surface area contributed by atoms with Crippen LogP contribution in [-0.2, 0) is 33.8 Å². The van der Waals surface area contributed by atoms with Gasteiger partial charge in [0.2, 0.25) is 5.91 Å². The van der Waals surface area contributed by atoms with Gasteiger partial charge in [-0.3, -0.25) is 9.59 Å². The maximum atomic E-state index is 13.2. The highest BCUT2D eigenvalue weighted by atomic mass is 16.5. The second-order valence-electron chi connectivity index (χ2n) is 11.2. The van der Waals surface area contributed by atoms with Crippen molar-refractivity contribution in [3.8, 4) is 11.1 Å². The van der Waals surface area contributed by atoms with Crippen LogP contribution in [0.4, 0.5) is 0 Å². The zero-order valence-electron chi connectivity index (χ0n) is 24.3. The van der Waals surface area contributed by atoms with Crippen molar-refractivity contribution in [1.29, 1.82) is 0 Å². The van der Waals surface area contributed by atoms with Crippen LogP contribution >= 0.6 is 0 Å². The quantitative estimate of drug-likeness (QED) is 0.258. The third kappa shape index (κ3) is 7.03. The Morgan fingerprint density at radius 1 is 0.976 bits per heavy atom. The number of nitrogens with zero attached hydrogens (tertiary/aromatic N) is 4. The standard InChI is InChI=1S/C34H40N4O3/c1-4-41-32(34(40)37-18-16-25(2)17-19-37)21-26-12-14-28(15-13-26)29-9-7-8-27(20-29)22-36(3)33(39)23-38-24-35-30-10-5-6-11-31(30)38/h5-15,20,24-25,32H,4,16-19,21-23H2,1-3H3. The molecule has 1 atom stereocenters. The second-order valence-corrected chi connectivity index (χ2v) is 11.2. The molecule has 3 aromatic carbocycles. The number of amides is 2. The Morgan fingerprint density at radius 2 is 1.73 bits per heavy atom. The van der Waals surface area contributed by atoms with Crippen LogP contribution in [0.2, 0.25) is 0 Å². The van der Waals surface area contributed by atoms with Crippen LogP contribution in [0.1, 0.15) is 37.8 Å². The summed E-state index contributed by atoms with van der Waals surface area (Å²) < 4.78 is 7.79. The van der Waals surface area contributed by atoms with E-state index in [4.69, 9.17) is 4.74 Å². The molecule has 1 aromatic heterocycles. The van der Waals surface area contributed by atoms with Crippen LogP contribution in [0, 0.1) is 5.92 Å². The lowest BCUT2D eigenvalue weighted by Crippen LogP contribution is -2.45. The van der Waals surface area contributed by atoms with Gasteiger partial charge in [0.25, 0.3) is 5.91 Å². The fourth-order valence-corrected chi connectivity index (χ4v) is 5.51. The van der Waals surface area contributed by atoms with E-state index in [0.29, 0.717) is 25.5 Å². The fourth-order valence-electron chi connectivity index (χ4n) is 5.51. The number of likely N-dealkylation sites (tertiary alicyclic amines) is 1. The Kier molecular flexibility index (Phi) is 9.14. The molecule has 5 rings (SSSR count). The topological polar surface area (TPSA) is 67.7 Å². The van der Waals surface area contributed by atoms with Crippen molar-refractivity contribution in [3.05, 3.63) is 90.3 Å². The molecule has 1 aliphatic heterocycles. The zero-order chi connectivity index (χ0) is 28.8. The molecule has 1 fully saturated rings. The number of carbonyl (C=O) groups is 2. The molecule has 0 saturated carbocycles. The number of ether oxygens (including phenoxy) is 1. The van der Waals surface area contributed by atoms with Gasteiger partial charge in [0.15, 0.2) is 0 Å². The van der Waals surface area contributed by atoms with E-state index < -0.39 is 6.10 Å². The first-order valence-electron chi connectivity index (χ1n) is 14.6. The van der Waals surface area contributed by atoms with Crippen LogP contribution in [0.15, 0.2) is 79.1 Å². The minimum atomic E-state index is -0.448. The lowest BCUT2D eigenvalue weighted by Gasteiger charge is -2.33. The van der Waals surface area contributed by atoms with Gasteiger partial charge < -0.3 is 19.1 Å². The van der Waals surface area contributed by atoms with Gasteiger partial charge in [-0.25, -0.2) is 4.98 Å². The van der Waals surface area contributed by atoms with E-state index in [1.807, 2.05) is 59.8 Å². The molecular weight excluding hydrogens is 512 g/mol.